The van der Waals surface area contributed by atoms with Gasteiger partial charge in [0, 0.05) is 37.3 Å². The van der Waals surface area contributed by atoms with Gasteiger partial charge >= 0.3 is 0 Å². The van der Waals surface area contributed by atoms with Gasteiger partial charge in [0.25, 0.3) is 0 Å². The van der Waals surface area contributed by atoms with Gasteiger partial charge in [0.05, 0.1) is 12.5 Å². The van der Waals surface area contributed by atoms with Crippen molar-refractivity contribution in [3.8, 4) is 11.4 Å². The fourth-order valence-corrected chi connectivity index (χ4v) is 1.85. The predicted octanol–water partition coefficient (Wildman–Crippen LogP) is 1.38. The van der Waals surface area contributed by atoms with E-state index in [1.54, 1.807) is 19.5 Å². The molecular formula is C14H18N4O2. The summed E-state index contributed by atoms with van der Waals surface area (Å²) in [7, 11) is 1.54. The Bertz CT molecular complexity index is 550. The van der Waals surface area contributed by atoms with Gasteiger partial charge in [-0.25, -0.2) is 4.98 Å². The minimum absolute atomic E-state index is 0.126. The number of methoxy groups -OCH3 is 1. The number of H-pyrrole nitrogens is 1. The maximum absolute atomic E-state index is 11.9. The van der Waals surface area contributed by atoms with E-state index in [9.17, 15) is 4.79 Å². The van der Waals surface area contributed by atoms with Crippen LogP contribution in [0.5, 0.6) is 0 Å². The molecule has 2 rings (SSSR count). The van der Waals surface area contributed by atoms with Crippen LogP contribution in [0.4, 0.5) is 5.69 Å². The first kappa shape index (κ1) is 14.2. The summed E-state index contributed by atoms with van der Waals surface area (Å²) in [6.07, 6.45) is 3.41. The van der Waals surface area contributed by atoms with Gasteiger partial charge in [0.2, 0.25) is 5.91 Å². The molecule has 0 radical (unpaired) electrons. The number of hydrogen-bond acceptors (Lipinski definition) is 4. The van der Waals surface area contributed by atoms with E-state index in [4.69, 9.17) is 10.5 Å². The Morgan fingerprint density at radius 3 is 3.05 bits per heavy atom. The molecular weight excluding hydrogens is 256 g/mol. The lowest BCUT2D eigenvalue weighted by Gasteiger charge is -2.12. The summed E-state index contributed by atoms with van der Waals surface area (Å²) in [6.45, 7) is 0.316. The fraction of sp³-hybridized carbons (Fsp3) is 0.286. The molecule has 20 heavy (non-hydrogen) atoms. The van der Waals surface area contributed by atoms with Crippen molar-refractivity contribution in [3.05, 3.63) is 36.7 Å². The average Bonchev–Trinajstić information content (AvgIpc) is 2.99. The largest absolute Gasteiger partial charge is 0.380 e. The monoisotopic (exact) mass is 274 g/mol. The number of imidazole rings is 1. The summed E-state index contributed by atoms with van der Waals surface area (Å²) in [5.74, 6) is 0.636. The zero-order chi connectivity index (χ0) is 14.4. The third-order valence-electron chi connectivity index (χ3n) is 2.93. The van der Waals surface area contributed by atoms with E-state index in [0.717, 1.165) is 17.1 Å². The molecule has 1 aromatic carbocycles. The average molecular weight is 274 g/mol. The Morgan fingerprint density at radius 1 is 1.55 bits per heavy atom. The number of rotatable bonds is 6. The molecule has 1 heterocycles. The summed E-state index contributed by atoms with van der Waals surface area (Å²) in [5.41, 5.74) is 7.13. The summed E-state index contributed by atoms with van der Waals surface area (Å²) < 4.78 is 5.09. The smallest absolute Gasteiger partial charge is 0.227 e. The first-order valence-corrected chi connectivity index (χ1v) is 6.35. The van der Waals surface area contributed by atoms with Crippen LogP contribution in [0.2, 0.25) is 0 Å². The lowest BCUT2D eigenvalue weighted by molar-refractivity contribution is -0.118. The highest BCUT2D eigenvalue weighted by atomic mass is 16.5. The third-order valence-corrected chi connectivity index (χ3v) is 2.93. The number of anilines is 1. The van der Waals surface area contributed by atoms with Gasteiger partial charge in [-0.05, 0) is 12.1 Å². The summed E-state index contributed by atoms with van der Waals surface area (Å²) in [4.78, 5) is 19.1. The minimum Gasteiger partial charge on any atom is -0.380 e. The van der Waals surface area contributed by atoms with E-state index in [0.29, 0.717) is 6.54 Å². The predicted molar refractivity (Wildman–Crippen MR) is 77.1 cm³/mol. The van der Waals surface area contributed by atoms with E-state index in [1.807, 2.05) is 24.3 Å². The molecule has 0 aliphatic carbocycles. The Hall–Kier alpha value is -2.18. The molecule has 6 heteroatoms. The molecule has 0 aliphatic heterocycles. The number of hydrogen-bond donors (Lipinski definition) is 3. The molecule has 4 N–H and O–H groups in total. The fourth-order valence-electron chi connectivity index (χ4n) is 1.85. The van der Waals surface area contributed by atoms with Gasteiger partial charge in [0.1, 0.15) is 5.82 Å². The van der Waals surface area contributed by atoms with Crippen molar-refractivity contribution in [1.29, 1.82) is 0 Å². The Labute approximate surface area is 117 Å². The van der Waals surface area contributed by atoms with Crippen molar-refractivity contribution < 1.29 is 9.53 Å². The van der Waals surface area contributed by atoms with Crippen LogP contribution in [-0.2, 0) is 9.53 Å². The first-order valence-electron chi connectivity index (χ1n) is 6.35. The molecule has 1 amide bonds. The van der Waals surface area contributed by atoms with Gasteiger partial charge < -0.3 is 20.8 Å². The minimum atomic E-state index is -0.261. The highest BCUT2D eigenvalue weighted by molar-refractivity contribution is 5.91. The SMILES string of the molecule is COC(CN)CC(=O)Nc1cccc(-c2ncc[nH]2)c1. The molecule has 2 aromatic rings. The van der Waals surface area contributed by atoms with Crippen molar-refractivity contribution in [2.75, 3.05) is 19.0 Å². The normalized spacial score (nSPS) is 12.1. The quantitative estimate of drug-likeness (QED) is 0.742. The van der Waals surface area contributed by atoms with Crippen LogP contribution in [0.1, 0.15) is 6.42 Å². The lowest BCUT2D eigenvalue weighted by Crippen LogP contribution is -2.28. The van der Waals surface area contributed by atoms with Crippen LogP contribution in [0.3, 0.4) is 0 Å². The van der Waals surface area contributed by atoms with Crippen LogP contribution in [0, 0.1) is 0 Å². The number of aromatic nitrogens is 2. The van der Waals surface area contributed by atoms with Crippen LogP contribution < -0.4 is 11.1 Å². The number of nitrogens with two attached hydrogens (primary N) is 1. The molecule has 0 aliphatic rings. The number of nitrogens with one attached hydrogen (secondary N) is 2. The van der Waals surface area contributed by atoms with E-state index in [1.165, 1.54) is 0 Å². The number of carbonyl (C=O) groups is 1. The molecule has 1 aromatic heterocycles. The van der Waals surface area contributed by atoms with Gasteiger partial charge in [-0.2, -0.15) is 0 Å². The highest BCUT2D eigenvalue weighted by Crippen LogP contribution is 2.19. The van der Waals surface area contributed by atoms with Crippen molar-refractivity contribution >= 4 is 11.6 Å². The summed E-state index contributed by atoms with van der Waals surface area (Å²) in [5, 5.41) is 2.83. The molecule has 0 bridgehead atoms. The van der Waals surface area contributed by atoms with E-state index >= 15 is 0 Å². The maximum Gasteiger partial charge on any atom is 0.227 e. The van der Waals surface area contributed by atoms with Gasteiger partial charge in [-0.15, -0.1) is 0 Å². The molecule has 0 saturated heterocycles. The van der Waals surface area contributed by atoms with E-state index < -0.39 is 0 Å². The topological polar surface area (TPSA) is 93.0 Å². The summed E-state index contributed by atoms with van der Waals surface area (Å²) >= 11 is 0. The van der Waals surface area contributed by atoms with Gasteiger partial charge in [-0.3, -0.25) is 4.79 Å². The molecule has 0 fully saturated rings. The number of aromatic amines is 1. The number of benzene rings is 1. The van der Waals surface area contributed by atoms with Crippen molar-refractivity contribution in [1.82, 2.24) is 9.97 Å². The van der Waals surface area contributed by atoms with Crippen LogP contribution in [0.25, 0.3) is 11.4 Å². The Kier molecular flexibility index (Phi) is 4.86. The van der Waals surface area contributed by atoms with Crippen LogP contribution >= 0.6 is 0 Å². The van der Waals surface area contributed by atoms with Crippen LogP contribution in [-0.4, -0.2) is 35.6 Å². The number of ether oxygens (including phenoxy) is 1. The molecule has 106 valence electrons. The zero-order valence-corrected chi connectivity index (χ0v) is 11.3. The Balaban J connectivity index is 2.03. The zero-order valence-electron chi connectivity index (χ0n) is 11.3. The second kappa shape index (κ2) is 6.83. The molecule has 6 nitrogen and oxygen atoms in total. The molecule has 0 saturated carbocycles. The molecule has 1 atom stereocenters. The van der Waals surface area contributed by atoms with Crippen LogP contribution in [0.15, 0.2) is 36.7 Å². The lowest BCUT2D eigenvalue weighted by atomic mass is 10.2. The second-order valence-electron chi connectivity index (χ2n) is 4.36. The van der Waals surface area contributed by atoms with Gasteiger partial charge in [0.15, 0.2) is 0 Å². The number of nitrogens with zero attached hydrogens (tertiary/aromatic N) is 1. The molecule has 1 unspecified atom stereocenters. The molecule has 0 spiro atoms. The first-order chi connectivity index (χ1) is 9.72. The maximum atomic E-state index is 11.9. The Morgan fingerprint density at radius 2 is 2.40 bits per heavy atom. The van der Waals surface area contributed by atoms with E-state index in [-0.39, 0.29) is 18.4 Å². The van der Waals surface area contributed by atoms with E-state index in [2.05, 4.69) is 15.3 Å². The van der Waals surface area contributed by atoms with Gasteiger partial charge in [-0.1, -0.05) is 12.1 Å². The number of amides is 1. The highest BCUT2D eigenvalue weighted by Gasteiger charge is 2.11. The summed E-state index contributed by atoms with van der Waals surface area (Å²) in [6, 6.07) is 7.48. The third kappa shape index (κ3) is 3.66. The van der Waals surface area contributed by atoms with Crippen molar-refractivity contribution in [3.63, 3.8) is 0 Å². The van der Waals surface area contributed by atoms with Crippen molar-refractivity contribution in [2.45, 2.75) is 12.5 Å². The second-order valence-corrected chi connectivity index (χ2v) is 4.36. The van der Waals surface area contributed by atoms with Crippen molar-refractivity contribution in [2.24, 2.45) is 5.73 Å². The standard InChI is InChI=1S/C14H18N4O2/c1-20-12(9-15)8-13(19)18-11-4-2-3-10(7-11)14-16-5-6-17-14/h2-7,12H,8-9,15H2,1H3,(H,16,17)(H,18,19). The number of carbonyl (C=O) groups excluding carboxylic acids is 1.